The second-order valence-electron chi connectivity index (χ2n) is 4.95. The zero-order valence-electron chi connectivity index (χ0n) is 11.2. The molecule has 0 aromatic carbocycles. The Labute approximate surface area is 113 Å². The van der Waals surface area contributed by atoms with Crippen LogP contribution >= 0.6 is 11.8 Å². The van der Waals surface area contributed by atoms with Crippen molar-refractivity contribution in [2.75, 3.05) is 29.5 Å². The third-order valence-corrected chi connectivity index (χ3v) is 4.67. The molecule has 0 aliphatic carbocycles. The molecule has 5 heteroatoms. The maximum Gasteiger partial charge on any atom is 0.224 e. The van der Waals surface area contributed by atoms with E-state index in [2.05, 4.69) is 46.2 Å². The monoisotopic (exact) mass is 266 g/mol. The van der Waals surface area contributed by atoms with E-state index in [1.54, 1.807) is 6.20 Å². The molecule has 0 radical (unpaired) electrons. The predicted octanol–water partition coefficient (Wildman–Crippen LogP) is 3.00. The average molecular weight is 266 g/mol. The Morgan fingerprint density at radius 3 is 3.06 bits per heavy atom. The molecule has 4 nitrogen and oxygen atoms in total. The number of thioether (sulfide) groups is 1. The van der Waals surface area contributed by atoms with Gasteiger partial charge in [0.2, 0.25) is 5.95 Å². The smallest absolute Gasteiger partial charge is 0.224 e. The van der Waals surface area contributed by atoms with E-state index < -0.39 is 0 Å². The Hall–Kier alpha value is -0.970. The molecule has 1 aromatic rings. The minimum Gasteiger partial charge on any atom is -0.369 e. The highest BCUT2D eigenvalue weighted by atomic mass is 32.2. The summed E-state index contributed by atoms with van der Waals surface area (Å²) in [5.74, 6) is 2.91. The van der Waals surface area contributed by atoms with Gasteiger partial charge in [0.25, 0.3) is 0 Å². The van der Waals surface area contributed by atoms with Crippen LogP contribution in [0.15, 0.2) is 12.3 Å². The van der Waals surface area contributed by atoms with Crippen molar-refractivity contribution in [1.29, 1.82) is 0 Å². The zero-order chi connectivity index (χ0) is 12.8. The van der Waals surface area contributed by atoms with Crippen molar-refractivity contribution >= 4 is 23.5 Å². The normalized spacial score (nSPS) is 23.0. The van der Waals surface area contributed by atoms with Crippen LogP contribution in [-0.4, -0.2) is 33.6 Å². The first-order valence-electron chi connectivity index (χ1n) is 6.67. The van der Waals surface area contributed by atoms with Gasteiger partial charge in [-0.25, -0.2) is 4.98 Å². The van der Waals surface area contributed by atoms with Crippen molar-refractivity contribution in [3.8, 4) is 0 Å². The lowest BCUT2D eigenvalue weighted by Crippen LogP contribution is -2.27. The Morgan fingerprint density at radius 2 is 2.33 bits per heavy atom. The summed E-state index contributed by atoms with van der Waals surface area (Å²) in [6.07, 6.45) is 5.50. The van der Waals surface area contributed by atoms with E-state index >= 15 is 0 Å². The topological polar surface area (TPSA) is 49.8 Å². The molecule has 1 atom stereocenters. The molecule has 2 heterocycles. The van der Waals surface area contributed by atoms with Gasteiger partial charge in [0.1, 0.15) is 5.82 Å². The summed E-state index contributed by atoms with van der Waals surface area (Å²) in [7, 11) is 0. The minimum atomic E-state index is 0.363. The highest BCUT2D eigenvalue weighted by Gasteiger charge is 2.29. The number of nitrogens with one attached hydrogen (secondary N) is 2. The average Bonchev–Trinajstić information content (AvgIpc) is 2.82. The van der Waals surface area contributed by atoms with Crippen molar-refractivity contribution in [3.63, 3.8) is 0 Å². The van der Waals surface area contributed by atoms with Crippen molar-refractivity contribution in [2.24, 2.45) is 0 Å². The van der Waals surface area contributed by atoms with E-state index in [0.29, 0.717) is 10.7 Å². The van der Waals surface area contributed by atoms with Crippen molar-refractivity contribution in [3.05, 3.63) is 12.3 Å². The van der Waals surface area contributed by atoms with Gasteiger partial charge in [0.05, 0.1) is 0 Å². The van der Waals surface area contributed by atoms with E-state index in [0.717, 1.165) is 25.3 Å². The van der Waals surface area contributed by atoms with E-state index in [9.17, 15) is 0 Å². The maximum atomic E-state index is 4.46. The van der Waals surface area contributed by atoms with Gasteiger partial charge < -0.3 is 10.6 Å². The highest BCUT2D eigenvalue weighted by Crippen LogP contribution is 2.37. The van der Waals surface area contributed by atoms with Crippen LogP contribution in [0.25, 0.3) is 0 Å². The third-order valence-electron chi connectivity index (χ3n) is 3.13. The van der Waals surface area contributed by atoms with Gasteiger partial charge in [-0.05, 0) is 38.0 Å². The lowest BCUT2D eigenvalue weighted by Gasteiger charge is -2.23. The summed E-state index contributed by atoms with van der Waals surface area (Å²) >= 11 is 2.06. The molecule has 2 rings (SSSR count). The SMILES string of the molecule is CCCNc1nccc(NCC2(C)CCCS2)n1. The molecule has 1 aliphatic rings. The summed E-state index contributed by atoms with van der Waals surface area (Å²) in [6.45, 7) is 6.35. The molecule has 1 saturated heterocycles. The molecule has 1 aliphatic heterocycles. The first-order valence-corrected chi connectivity index (χ1v) is 7.65. The maximum absolute atomic E-state index is 4.46. The number of hydrogen-bond acceptors (Lipinski definition) is 5. The van der Waals surface area contributed by atoms with Gasteiger partial charge in [-0.15, -0.1) is 0 Å². The number of aromatic nitrogens is 2. The summed E-state index contributed by atoms with van der Waals surface area (Å²) < 4.78 is 0.363. The lowest BCUT2D eigenvalue weighted by atomic mass is 10.1. The van der Waals surface area contributed by atoms with Crippen LogP contribution in [-0.2, 0) is 0 Å². The molecule has 18 heavy (non-hydrogen) atoms. The third kappa shape index (κ3) is 3.77. The van der Waals surface area contributed by atoms with Gasteiger partial charge >= 0.3 is 0 Å². The molecule has 2 N–H and O–H groups in total. The van der Waals surface area contributed by atoms with E-state index in [1.807, 2.05) is 6.07 Å². The zero-order valence-corrected chi connectivity index (χ0v) is 12.0. The quantitative estimate of drug-likeness (QED) is 0.829. The standard InChI is InChI=1S/C13H22N4S/c1-3-7-14-12-15-8-5-11(17-12)16-10-13(2)6-4-9-18-13/h5,8H,3-4,6-7,9-10H2,1-2H3,(H2,14,15,16,17). The second-order valence-corrected chi connectivity index (χ2v) is 6.63. The van der Waals surface area contributed by atoms with Crippen LogP contribution in [0.1, 0.15) is 33.1 Å². The molecule has 100 valence electrons. The molecule has 0 saturated carbocycles. The first-order chi connectivity index (χ1) is 8.72. The number of hydrogen-bond donors (Lipinski definition) is 2. The molecular formula is C13H22N4S. The van der Waals surface area contributed by atoms with E-state index in [4.69, 9.17) is 0 Å². The Kier molecular flexibility index (Phi) is 4.69. The van der Waals surface area contributed by atoms with Gasteiger partial charge in [-0.3, -0.25) is 0 Å². The van der Waals surface area contributed by atoms with Crippen LogP contribution < -0.4 is 10.6 Å². The van der Waals surface area contributed by atoms with Crippen LogP contribution in [0.3, 0.4) is 0 Å². The van der Waals surface area contributed by atoms with Gasteiger partial charge in [-0.1, -0.05) is 6.92 Å². The van der Waals surface area contributed by atoms with E-state index in [-0.39, 0.29) is 0 Å². The van der Waals surface area contributed by atoms with Crippen LogP contribution in [0.5, 0.6) is 0 Å². The number of anilines is 2. The van der Waals surface area contributed by atoms with Crippen molar-refractivity contribution in [1.82, 2.24) is 9.97 Å². The summed E-state index contributed by atoms with van der Waals surface area (Å²) in [6, 6.07) is 1.93. The molecule has 1 fully saturated rings. The first kappa shape index (κ1) is 13.5. The summed E-state index contributed by atoms with van der Waals surface area (Å²) in [4.78, 5) is 8.67. The fourth-order valence-electron chi connectivity index (χ4n) is 2.03. The minimum absolute atomic E-state index is 0.363. The van der Waals surface area contributed by atoms with E-state index in [1.165, 1.54) is 18.6 Å². The van der Waals surface area contributed by atoms with Gasteiger partial charge in [0.15, 0.2) is 0 Å². The van der Waals surface area contributed by atoms with Crippen LogP contribution in [0, 0.1) is 0 Å². The van der Waals surface area contributed by atoms with Crippen molar-refractivity contribution in [2.45, 2.75) is 37.9 Å². The Bertz CT molecular complexity index is 377. The fourth-order valence-corrected chi connectivity index (χ4v) is 3.28. The Morgan fingerprint density at radius 1 is 1.44 bits per heavy atom. The second kappa shape index (κ2) is 6.27. The van der Waals surface area contributed by atoms with Crippen LogP contribution in [0.4, 0.5) is 11.8 Å². The summed E-state index contributed by atoms with van der Waals surface area (Å²) in [5, 5.41) is 6.64. The predicted molar refractivity (Wildman–Crippen MR) is 79.4 cm³/mol. The number of nitrogens with zero attached hydrogens (tertiary/aromatic N) is 2. The molecular weight excluding hydrogens is 244 g/mol. The Balaban J connectivity index is 1.88. The molecule has 0 spiro atoms. The van der Waals surface area contributed by atoms with Crippen molar-refractivity contribution < 1.29 is 0 Å². The molecule has 0 bridgehead atoms. The van der Waals surface area contributed by atoms with Gasteiger partial charge in [0, 0.05) is 24.0 Å². The lowest BCUT2D eigenvalue weighted by molar-refractivity contribution is 0.633. The summed E-state index contributed by atoms with van der Waals surface area (Å²) in [5.41, 5.74) is 0. The van der Waals surface area contributed by atoms with Gasteiger partial charge in [-0.2, -0.15) is 16.7 Å². The highest BCUT2D eigenvalue weighted by molar-refractivity contribution is 8.00. The van der Waals surface area contributed by atoms with Crippen LogP contribution in [0.2, 0.25) is 0 Å². The molecule has 0 amide bonds. The largest absolute Gasteiger partial charge is 0.369 e. The number of rotatable bonds is 6. The molecule has 1 aromatic heterocycles. The molecule has 1 unspecified atom stereocenters. The fraction of sp³-hybridized carbons (Fsp3) is 0.692.